The van der Waals surface area contributed by atoms with Gasteiger partial charge in [0.05, 0.1) is 16.9 Å². The van der Waals surface area contributed by atoms with E-state index in [1.807, 2.05) is 7.05 Å². The third-order valence-corrected chi connectivity index (χ3v) is 2.28. The van der Waals surface area contributed by atoms with Gasteiger partial charge in [-0.2, -0.15) is 5.10 Å². The van der Waals surface area contributed by atoms with Gasteiger partial charge in [0.2, 0.25) is 0 Å². The molecule has 0 aromatic carbocycles. The maximum Gasteiger partial charge on any atom is 0.0901 e. The molecule has 5 heteroatoms. The van der Waals surface area contributed by atoms with Crippen LogP contribution in [0.15, 0.2) is 24.7 Å². The van der Waals surface area contributed by atoms with Crippen LogP contribution in [0.5, 0.6) is 0 Å². The molecule has 2 heterocycles. The molecule has 4 nitrogen and oxygen atoms in total. The van der Waals surface area contributed by atoms with E-state index in [1.165, 1.54) is 0 Å². The number of nitrogens with zero attached hydrogens (tertiary/aromatic N) is 3. The minimum absolute atomic E-state index is 0.576. The number of anilines is 1. The van der Waals surface area contributed by atoms with Gasteiger partial charge in [-0.15, -0.1) is 0 Å². The number of halogens is 1. The van der Waals surface area contributed by atoms with Gasteiger partial charge in [0, 0.05) is 30.7 Å². The molecule has 2 aromatic rings. The van der Waals surface area contributed by atoms with Crippen molar-refractivity contribution in [1.82, 2.24) is 14.8 Å². The largest absolute Gasteiger partial charge is 0.398 e. The van der Waals surface area contributed by atoms with E-state index in [-0.39, 0.29) is 0 Å². The number of aryl methyl sites for hydroxylation is 1. The molecule has 72 valence electrons. The molecular weight excluding hydrogens is 200 g/mol. The monoisotopic (exact) mass is 208 g/mol. The van der Waals surface area contributed by atoms with Crippen LogP contribution in [0.3, 0.4) is 0 Å². The smallest absolute Gasteiger partial charge is 0.0901 e. The molecule has 14 heavy (non-hydrogen) atoms. The number of pyridine rings is 1. The normalized spacial score (nSPS) is 10.4. The highest BCUT2D eigenvalue weighted by atomic mass is 35.5. The molecule has 0 atom stereocenters. The van der Waals surface area contributed by atoms with Crippen molar-refractivity contribution in [2.24, 2.45) is 7.05 Å². The maximum atomic E-state index is 5.98. The average molecular weight is 209 g/mol. The molecule has 0 aliphatic carbocycles. The standard InChI is InChI=1S/C9H9ClN4/c1-14-9(7(10)5-13-14)6-4-12-3-2-8(6)11/h2-5H,1H3,(H2,11,12). The zero-order chi connectivity index (χ0) is 10.1. The van der Waals surface area contributed by atoms with Crippen LogP contribution < -0.4 is 5.73 Å². The summed E-state index contributed by atoms with van der Waals surface area (Å²) in [4.78, 5) is 4.00. The first-order valence-corrected chi connectivity index (χ1v) is 4.45. The van der Waals surface area contributed by atoms with E-state index in [0.717, 1.165) is 11.3 Å². The molecule has 0 radical (unpaired) electrons. The highest BCUT2D eigenvalue weighted by Gasteiger charge is 2.11. The highest BCUT2D eigenvalue weighted by Crippen LogP contribution is 2.30. The summed E-state index contributed by atoms with van der Waals surface area (Å²) in [5.74, 6) is 0. The van der Waals surface area contributed by atoms with Gasteiger partial charge in [0.1, 0.15) is 0 Å². The fourth-order valence-corrected chi connectivity index (χ4v) is 1.58. The lowest BCUT2D eigenvalue weighted by molar-refractivity contribution is 0.775. The van der Waals surface area contributed by atoms with Crippen LogP contribution in [-0.2, 0) is 7.05 Å². The predicted octanol–water partition coefficient (Wildman–Crippen LogP) is 1.72. The summed E-state index contributed by atoms with van der Waals surface area (Å²) in [7, 11) is 1.81. The first kappa shape index (κ1) is 9.02. The van der Waals surface area contributed by atoms with Crippen molar-refractivity contribution in [2.75, 3.05) is 5.73 Å². The number of hydrogen-bond donors (Lipinski definition) is 1. The van der Waals surface area contributed by atoms with Crippen molar-refractivity contribution < 1.29 is 0 Å². The molecule has 0 aliphatic rings. The Morgan fingerprint density at radius 3 is 2.79 bits per heavy atom. The Bertz CT molecular complexity index is 444. The van der Waals surface area contributed by atoms with Gasteiger partial charge in [-0.1, -0.05) is 11.6 Å². The Hall–Kier alpha value is -1.55. The predicted molar refractivity (Wildman–Crippen MR) is 55.9 cm³/mol. The Kier molecular flexibility index (Phi) is 2.13. The Labute approximate surface area is 86.3 Å². The van der Waals surface area contributed by atoms with Crippen LogP contribution in [-0.4, -0.2) is 14.8 Å². The van der Waals surface area contributed by atoms with Gasteiger partial charge in [-0.05, 0) is 6.07 Å². The third-order valence-electron chi connectivity index (χ3n) is 2.00. The molecule has 2 rings (SSSR count). The summed E-state index contributed by atoms with van der Waals surface area (Å²) in [5.41, 5.74) is 8.05. The summed E-state index contributed by atoms with van der Waals surface area (Å²) in [6.45, 7) is 0. The minimum Gasteiger partial charge on any atom is -0.398 e. The van der Waals surface area contributed by atoms with Crippen molar-refractivity contribution in [3.63, 3.8) is 0 Å². The van der Waals surface area contributed by atoms with Crippen molar-refractivity contribution in [2.45, 2.75) is 0 Å². The lowest BCUT2D eigenvalue weighted by atomic mass is 10.2. The van der Waals surface area contributed by atoms with Crippen LogP contribution >= 0.6 is 11.6 Å². The van der Waals surface area contributed by atoms with Crippen LogP contribution in [0.25, 0.3) is 11.3 Å². The number of rotatable bonds is 1. The molecule has 0 saturated carbocycles. The van der Waals surface area contributed by atoms with Gasteiger partial charge >= 0.3 is 0 Å². The molecule has 0 unspecified atom stereocenters. The van der Waals surface area contributed by atoms with Gasteiger partial charge in [0.25, 0.3) is 0 Å². The third kappa shape index (κ3) is 1.33. The second kappa shape index (κ2) is 3.31. The van der Waals surface area contributed by atoms with Crippen LogP contribution in [0.1, 0.15) is 0 Å². The zero-order valence-corrected chi connectivity index (χ0v) is 8.36. The summed E-state index contributed by atoms with van der Waals surface area (Å²) in [5, 5.41) is 4.61. The van der Waals surface area contributed by atoms with Crippen molar-refractivity contribution in [1.29, 1.82) is 0 Å². The summed E-state index contributed by atoms with van der Waals surface area (Å²) in [6, 6.07) is 1.73. The number of hydrogen-bond acceptors (Lipinski definition) is 3. The molecular formula is C9H9ClN4. The lowest BCUT2D eigenvalue weighted by Gasteiger charge is -2.05. The minimum atomic E-state index is 0.576. The maximum absolute atomic E-state index is 5.98. The first-order valence-electron chi connectivity index (χ1n) is 4.07. The second-order valence-corrected chi connectivity index (χ2v) is 3.33. The van der Waals surface area contributed by atoms with E-state index in [1.54, 1.807) is 29.3 Å². The van der Waals surface area contributed by atoms with E-state index in [2.05, 4.69) is 10.1 Å². The molecule has 0 saturated heterocycles. The number of nitrogens with two attached hydrogens (primary N) is 1. The van der Waals surface area contributed by atoms with E-state index < -0.39 is 0 Å². The van der Waals surface area contributed by atoms with Crippen molar-refractivity contribution in [3.8, 4) is 11.3 Å². The van der Waals surface area contributed by atoms with Crippen LogP contribution in [0, 0.1) is 0 Å². The van der Waals surface area contributed by atoms with E-state index in [9.17, 15) is 0 Å². The molecule has 0 bridgehead atoms. The van der Waals surface area contributed by atoms with Crippen molar-refractivity contribution >= 4 is 17.3 Å². The van der Waals surface area contributed by atoms with E-state index in [4.69, 9.17) is 17.3 Å². The molecule has 2 N–H and O–H groups in total. The fraction of sp³-hybridized carbons (Fsp3) is 0.111. The Morgan fingerprint density at radius 2 is 2.21 bits per heavy atom. The summed E-state index contributed by atoms with van der Waals surface area (Å²) < 4.78 is 1.68. The SMILES string of the molecule is Cn1ncc(Cl)c1-c1cnccc1N. The Morgan fingerprint density at radius 1 is 1.43 bits per heavy atom. The molecule has 0 fully saturated rings. The molecule has 0 spiro atoms. The van der Waals surface area contributed by atoms with Gasteiger partial charge < -0.3 is 5.73 Å². The highest BCUT2D eigenvalue weighted by molar-refractivity contribution is 6.33. The van der Waals surface area contributed by atoms with Gasteiger partial charge in [-0.25, -0.2) is 0 Å². The number of nitrogen functional groups attached to an aromatic ring is 1. The molecule has 0 amide bonds. The van der Waals surface area contributed by atoms with E-state index >= 15 is 0 Å². The molecule has 0 aliphatic heterocycles. The second-order valence-electron chi connectivity index (χ2n) is 2.93. The molecule has 2 aromatic heterocycles. The van der Waals surface area contributed by atoms with E-state index in [0.29, 0.717) is 10.7 Å². The van der Waals surface area contributed by atoms with Crippen LogP contribution in [0.2, 0.25) is 5.02 Å². The summed E-state index contributed by atoms with van der Waals surface area (Å²) in [6.07, 6.45) is 4.91. The average Bonchev–Trinajstić information content (AvgIpc) is 2.48. The number of aromatic nitrogens is 3. The fourth-order valence-electron chi connectivity index (χ4n) is 1.32. The summed E-state index contributed by atoms with van der Waals surface area (Å²) >= 11 is 5.98. The van der Waals surface area contributed by atoms with Crippen LogP contribution in [0.4, 0.5) is 5.69 Å². The quantitative estimate of drug-likeness (QED) is 0.777. The Balaban J connectivity index is 2.66. The zero-order valence-electron chi connectivity index (χ0n) is 7.61. The first-order chi connectivity index (χ1) is 6.70. The van der Waals surface area contributed by atoms with Crippen molar-refractivity contribution in [3.05, 3.63) is 29.7 Å². The lowest BCUT2D eigenvalue weighted by Crippen LogP contribution is -1.97. The topological polar surface area (TPSA) is 56.7 Å². The van der Waals surface area contributed by atoms with Gasteiger partial charge in [0.15, 0.2) is 0 Å². The van der Waals surface area contributed by atoms with Gasteiger partial charge in [-0.3, -0.25) is 9.67 Å².